The van der Waals surface area contributed by atoms with Crippen molar-refractivity contribution in [1.29, 1.82) is 0 Å². The fraction of sp³-hybridized carbons (Fsp3) is 0.294. The van der Waals surface area contributed by atoms with Crippen LogP contribution in [-0.4, -0.2) is 12.7 Å². The van der Waals surface area contributed by atoms with Crippen molar-refractivity contribution >= 4 is 24.1 Å². The quantitative estimate of drug-likeness (QED) is 0.632. The van der Waals surface area contributed by atoms with Crippen LogP contribution in [0.4, 0.5) is 0 Å². The van der Waals surface area contributed by atoms with E-state index in [0.717, 1.165) is 9.79 Å². The van der Waals surface area contributed by atoms with E-state index in [1.807, 2.05) is 6.92 Å². The summed E-state index contributed by atoms with van der Waals surface area (Å²) in [6, 6.07) is 16.6. The fourth-order valence-electron chi connectivity index (χ4n) is 1.55. The molecule has 0 amide bonds. The fourth-order valence-corrected chi connectivity index (χ4v) is 2.77. The van der Waals surface area contributed by atoms with Crippen LogP contribution in [0.25, 0.3) is 0 Å². The molecule has 1 atom stereocenters. The first-order valence-electron chi connectivity index (χ1n) is 6.89. The lowest BCUT2D eigenvalue weighted by Crippen LogP contribution is -2.10. The first-order chi connectivity index (χ1) is 10.1. The molecule has 0 aliphatic heterocycles. The highest BCUT2D eigenvalue weighted by atomic mass is 32.2. The Balaban J connectivity index is 1.66. The zero-order valence-corrected chi connectivity index (χ0v) is 14.2. The van der Waals surface area contributed by atoms with Gasteiger partial charge in [-0.05, 0) is 45.0 Å². The molecule has 0 saturated carbocycles. The summed E-state index contributed by atoms with van der Waals surface area (Å²) in [6.45, 7) is 6.72. The summed E-state index contributed by atoms with van der Waals surface area (Å²) in [4.78, 5) is 2.22. The average molecular weight is 320 g/mol. The molecule has 2 aromatic rings. The van der Waals surface area contributed by atoms with Crippen LogP contribution in [-0.2, 0) is 8.37 Å². The third-order valence-electron chi connectivity index (χ3n) is 2.81. The van der Waals surface area contributed by atoms with Gasteiger partial charge in [-0.15, -0.1) is 0 Å². The molecule has 0 saturated heterocycles. The summed E-state index contributed by atoms with van der Waals surface area (Å²) in [7, 11) is 0. The lowest BCUT2D eigenvalue weighted by atomic mass is 10.2. The minimum absolute atomic E-state index is 0.0363. The first kappa shape index (κ1) is 16.4. The van der Waals surface area contributed by atoms with Crippen LogP contribution >= 0.6 is 24.1 Å². The van der Waals surface area contributed by atoms with Gasteiger partial charge >= 0.3 is 0 Å². The molecule has 0 fully saturated rings. The minimum Gasteiger partial charge on any atom is -0.307 e. The van der Waals surface area contributed by atoms with Gasteiger partial charge in [0.25, 0.3) is 0 Å². The minimum atomic E-state index is 0.0363. The van der Waals surface area contributed by atoms with Gasteiger partial charge in [0.15, 0.2) is 0 Å². The van der Waals surface area contributed by atoms with E-state index in [1.165, 1.54) is 35.2 Å². The van der Waals surface area contributed by atoms with Crippen LogP contribution in [0.15, 0.2) is 58.3 Å². The Labute approximate surface area is 135 Å². The smallest absolute Gasteiger partial charge is 0.0944 e. The van der Waals surface area contributed by atoms with Crippen LogP contribution in [0.2, 0.25) is 0 Å². The summed E-state index contributed by atoms with van der Waals surface area (Å²) in [5.41, 5.74) is 2.51. The summed E-state index contributed by atoms with van der Waals surface area (Å²) in [6.07, 6.45) is 0.0363. The maximum absolute atomic E-state index is 5.70. The number of hydrogen-bond acceptors (Lipinski definition) is 4. The van der Waals surface area contributed by atoms with Gasteiger partial charge in [0.1, 0.15) is 0 Å². The van der Waals surface area contributed by atoms with E-state index in [0.29, 0.717) is 6.61 Å². The lowest BCUT2D eigenvalue weighted by Gasteiger charge is -2.11. The van der Waals surface area contributed by atoms with Crippen molar-refractivity contribution in [3.8, 4) is 0 Å². The van der Waals surface area contributed by atoms with E-state index < -0.39 is 0 Å². The summed E-state index contributed by atoms with van der Waals surface area (Å²) >= 11 is 2.79. The largest absolute Gasteiger partial charge is 0.307 e. The summed E-state index contributed by atoms with van der Waals surface area (Å²) in [5.74, 6) is 0. The Morgan fingerprint density at radius 3 is 1.81 bits per heavy atom. The Bertz CT molecular complexity index is 538. The maximum atomic E-state index is 5.70. The van der Waals surface area contributed by atoms with Gasteiger partial charge in [-0.2, -0.15) is 0 Å². The monoisotopic (exact) mass is 320 g/mol. The SMILES string of the molecule is Cc1ccc(SOCC(C)OSc2ccc(C)cc2)cc1. The standard InChI is InChI=1S/C17H20O2S2/c1-13-4-8-16(9-5-13)20-18-12-15(3)19-21-17-10-6-14(2)7-11-17/h4-11,15H,12H2,1-3H3. The van der Waals surface area contributed by atoms with Crippen LogP contribution < -0.4 is 0 Å². The van der Waals surface area contributed by atoms with Crippen molar-refractivity contribution in [2.45, 2.75) is 36.7 Å². The molecule has 0 aliphatic carbocycles. The Morgan fingerprint density at radius 2 is 1.29 bits per heavy atom. The molecule has 0 radical (unpaired) electrons. The molecule has 1 unspecified atom stereocenters. The Kier molecular flexibility index (Phi) is 6.64. The maximum Gasteiger partial charge on any atom is 0.0944 e. The molecular weight excluding hydrogens is 300 g/mol. The van der Waals surface area contributed by atoms with Crippen LogP contribution in [0, 0.1) is 13.8 Å². The van der Waals surface area contributed by atoms with E-state index in [4.69, 9.17) is 8.37 Å². The zero-order chi connectivity index (χ0) is 15.1. The van der Waals surface area contributed by atoms with Crippen LogP contribution in [0.1, 0.15) is 18.1 Å². The van der Waals surface area contributed by atoms with Crippen molar-refractivity contribution < 1.29 is 8.37 Å². The molecular formula is C17H20O2S2. The average Bonchev–Trinajstić information content (AvgIpc) is 2.49. The topological polar surface area (TPSA) is 18.5 Å². The lowest BCUT2D eigenvalue weighted by molar-refractivity contribution is 0.183. The van der Waals surface area contributed by atoms with Crippen molar-refractivity contribution in [2.24, 2.45) is 0 Å². The molecule has 2 rings (SSSR count). The van der Waals surface area contributed by atoms with Gasteiger partial charge < -0.3 is 8.37 Å². The van der Waals surface area contributed by atoms with Gasteiger partial charge in [0.05, 0.1) is 12.7 Å². The van der Waals surface area contributed by atoms with Crippen molar-refractivity contribution in [3.05, 3.63) is 59.7 Å². The third-order valence-corrected chi connectivity index (χ3v) is 4.42. The number of aryl methyl sites for hydroxylation is 2. The highest BCUT2D eigenvalue weighted by Gasteiger charge is 2.05. The van der Waals surface area contributed by atoms with Gasteiger partial charge in [-0.1, -0.05) is 35.4 Å². The Morgan fingerprint density at radius 1 is 0.810 bits per heavy atom. The Hall–Kier alpha value is -0.940. The van der Waals surface area contributed by atoms with Gasteiger partial charge in [-0.25, -0.2) is 0 Å². The third kappa shape index (κ3) is 6.14. The second kappa shape index (κ2) is 8.49. The number of rotatable bonds is 7. The molecule has 0 bridgehead atoms. The molecule has 4 heteroatoms. The molecule has 2 aromatic carbocycles. The normalized spacial score (nSPS) is 12.3. The molecule has 0 heterocycles. The van der Waals surface area contributed by atoms with Crippen LogP contribution in [0.5, 0.6) is 0 Å². The van der Waals surface area contributed by atoms with Gasteiger partial charge in [0, 0.05) is 33.9 Å². The molecule has 0 N–H and O–H groups in total. The molecule has 2 nitrogen and oxygen atoms in total. The molecule has 21 heavy (non-hydrogen) atoms. The van der Waals surface area contributed by atoms with Gasteiger partial charge in [-0.3, -0.25) is 0 Å². The van der Waals surface area contributed by atoms with E-state index in [9.17, 15) is 0 Å². The van der Waals surface area contributed by atoms with Crippen molar-refractivity contribution in [3.63, 3.8) is 0 Å². The summed E-state index contributed by atoms with van der Waals surface area (Å²) in [5, 5.41) is 0. The van der Waals surface area contributed by atoms with Gasteiger partial charge in [0.2, 0.25) is 0 Å². The van der Waals surface area contributed by atoms with Crippen molar-refractivity contribution in [2.75, 3.05) is 6.61 Å². The van der Waals surface area contributed by atoms with E-state index >= 15 is 0 Å². The molecule has 0 spiro atoms. The predicted octanol–water partition coefficient (Wildman–Crippen LogP) is 5.44. The number of benzene rings is 2. The predicted molar refractivity (Wildman–Crippen MR) is 90.6 cm³/mol. The van der Waals surface area contributed by atoms with E-state index in [1.54, 1.807) is 0 Å². The molecule has 0 aliphatic rings. The highest BCUT2D eigenvalue weighted by Crippen LogP contribution is 2.23. The molecule has 112 valence electrons. The summed E-state index contributed by atoms with van der Waals surface area (Å²) < 4.78 is 11.3. The number of hydrogen-bond donors (Lipinski definition) is 0. The molecule has 0 aromatic heterocycles. The zero-order valence-electron chi connectivity index (χ0n) is 12.5. The van der Waals surface area contributed by atoms with Crippen LogP contribution in [0.3, 0.4) is 0 Å². The van der Waals surface area contributed by atoms with E-state index in [-0.39, 0.29) is 6.10 Å². The second-order valence-corrected chi connectivity index (χ2v) is 6.69. The first-order valence-corrected chi connectivity index (χ1v) is 8.38. The second-order valence-electron chi connectivity index (χ2n) is 4.98. The highest BCUT2D eigenvalue weighted by molar-refractivity contribution is 7.95. The van der Waals surface area contributed by atoms with Crippen molar-refractivity contribution in [1.82, 2.24) is 0 Å². The van der Waals surface area contributed by atoms with E-state index in [2.05, 4.69) is 62.4 Å².